The Morgan fingerprint density at radius 2 is 2.20 bits per heavy atom. The van der Waals surface area contributed by atoms with Crippen molar-refractivity contribution in [2.45, 2.75) is 38.6 Å². The van der Waals surface area contributed by atoms with Crippen LogP contribution in [0.25, 0.3) is 0 Å². The van der Waals surface area contributed by atoms with Crippen molar-refractivity contribution in [3.05, 3.63) is 23.4 Å². The van der Waals surface area contributed by atoms with Crippen molar-refractivity contribution < 1.29 is 0 Å². The zero-order chi connectivity index (χ0) is 10.8. The molecule has 1 aliphatic carbocycles. The molecule has 0 aliphatic heterocycles. The van der Waals surface area contributed by atoms with Crippen molar-refractivity contribution in [1.29, 1.82) is 5.26 Å². The number of nitrogens with zero attached hydrogens (tertiary/aromatic N) is 2. The first kappa shape index (κ1) is 9.97. The van der Waals surface area contributed by atoms with Gasteiger partial charge < -0.3 is 5.32 Å². The lowest BCUT2D eigenvalue weighted by atomic mass is 10.1. The first-order valence-electron chi connectivity index (χ1n) is 5.38. The lowest BCUT2D eigenvalue weighted by molar-refractivity contribution is 0.821. The van der Waals surface area contributed by atoms with Crippen LogP contribution in [0.1, 0.15) is 43.9 Å². The molecule has 0 amide bonds. The van der Waals surface area contributed by atoms with E-state index in [1.54, 1.807) is 0 Å². The fourth-order valence-corrected chi connectivity index (χ4v) is 1.42. The van der Waals surface area contributed by atoms with Gasteiger partial charge in [0, 0.05) is 11.7 Å². The average Bonchev–Trinajstić information content (AvgIpc) is 3.01. The van der Waals surface area contributed by atoms with E-state index in [1.807, 2.05) is 12.1 Å². The molecule has 0 radical (unpaired) electrons. The third-order valence-corrected chi connectivity index (χ3v) is 2.55. The standard InChI is InChI=1S/C12H15N3/c1-8(2)11-6-3-9(7-13)12(15-11)14-10-4-5-10/h3,6,8,10H,4-5H2,1-2H3,(H,14,15). The Bertz CT molecular complexity index is 400. The number of nitrogens with one attached hydrogen (secondary N) is 1. The molecule has 0 bridgehead atoms. The molecule has 1 aromatic rings. The Morgan fingerprint density at radius 3 is 2.73 bits per heavy atom. The van der Waals surface area contributed by atoms with Crippen LogP contribution in [0, 0.1) is 11.3 Å². The first-order chi connectivity index (χ1) is 7.20. The summed E-state index contributed by atoms with van der Waals surface area (Å²) in [5, 5.41) is 12.2. The maximum Gasteiger partial charge on any atom is 0.144 e. The second-order valence-corrected chi connectivity index (χ2v) is 4.32. The molecular formula is C12H15N3. The van der Waals surface area contributed by atoms with Gasteiger partial charge in [-0.05, 0) is 30.9 Å². The van der Waals surface area contributed by atoms with E-state index in [0.29, 0.717) is 17.5 Å². The molecule has 1 heterocycles. The fraction of sp³-hybridized carbons (Fsp3) is 0.500. The second-order valence-electron chi connectivity index (χ2n) is 4.32. The number of nitriles is 1. The number of anilines is 1. The molecule has 78 valence electrons. The van der Waals surface area contributed by atoms with Gasteiger partial charge in [-0.2, -0.15) is 5.26 Å². The quantitative estimate of drug-likeness (QED) is 0.817. The summed E-state index contributed by atoms with van der Waals surface area (Å²) in [4.78, 5) is 4.49. The monoisotopic (exact) mass is 201 g/mol. The van der Waals surface area contributed by atoms with Crippen LogP contribution in [-0.2, 0) is 0 Å². The maximum atomic E-state index is 8.95. The van der Waals surface area contributed by atoms with Crippen LogP contribution in [0.15, 0.2) is 12.1 Å². The van der Waals surface area contributed by atoms with E-state index in [1.165, 1.54) is 12.8 Å². The number of hydrogen-bond acceptors (Lipinski definition) is 3. The molecule has 15 heavy (non-hydrogen) atoms. The highest BCUT2D eigenvalue weighted by molar-refractivity contribution is 5.53. The highest BCUT2D eigenvalue weighted by Gasteiger charge is 2.22. The second kappa shape index (κ2) is 3.90. The highest BCUT2D eigenvalue weighted by atomic mass is 15.0. The van der Waals surface area contributed by atoms with E-state index in [2.05, 4.69) is 30.2 Å². The number of pyridine rings is 1. The fourth-order valence-electron chi connectivity index (χ4n) is 1.42. The molecule has 3 heteroatoms. The van der Waals surface area contributed by atoms with Crippen LogP contribution < -0.4 is 5.32 Å². The molecule has 1 saturated carbocycles. The molecule has 0 spiro atoms. The number of hydrogen-bond donors (Lipinski definition) is 1. The minimum absolute atomic E-state index is 0.400. The van der Waals surface area contributed by atoms with Crippen LogP contribution >= 0.6 is 0 Å². The van der Waals surface area contributed by atoms with Crippen molar-refractivity contribution >= 4 is 5.82 Å². The zero-order valence-electron chi connectivity index (χ0n) is 9.12. The summed E-state index contributed by atoms with van der Waals surface area (Å²) in [6.07, 6.45) is 2.39. The summed E-state index contributed by atoms with van der Waals surface area (Å²) in [6.45, 7) is 4.21. The normalized spacial score (nSPS) is 15.1. The molecule has 0 saturated heterocycles. The molecule has 3 nitrogen and oxygen atoms in total. The average molecular weight is 201 g/mol. The first-order valence-corrected chi connectivity index (χ1v) is 5.38. The molecule has 1 aromatic heterocycles. The van der Waals surface area contributed by atoms with Gasteiger partial charge in [0.05, 0.1) is 5.56 Å². The predicted octanol–water partition coefficient (Wildman–Crippen LogP) is 2.65. The van der Waals surface area contributed by atoms with Crippen LogP contribution in [0.4, 0.5) is 5.82 Å². The van der Waals surface area contributed by atoms with Crippen LogP contribution in [0.2, 0.25) is 0 Å². The van der Waals surface area contributed by atoms with Crippen molar-refractivity contribution in [3.63, 3.8) is 0 Å². The van der Waals surface area contributed by atoms with E-state index in [0.717, 1.165) is 11.5 Å². The Labute approximate surface area is 90.1 Å². The Balaban J connectivity index is 2.29. The molecule has 2 rings (SSSR count). The Morgan fingerprint density at radius 1 is 1.47 bits per heavy atom. The van der Waals surface area contributed by atoms with E-state index in [4.69, 9.17) is 5.26 Å². The summed E-state index contributed by atoms with van der Waals surface area (Å²) in [5.41, 5.74) is 1.68. The Hall–Kier alpha value is -1.56. The van der Waals surface area contributed by atoms with Gasteiger partial charge in [0.15, 0.2) is 0 Å². The van der Waals surface area contributed by atoms with E-state index < -0.39 is 0 Å². The minimum atomic E-state index is 0.400. The lowest BCUT2D eigenvalue weighted by Crippen LogP contribution is -2.07. The number of aromatic nitrogens is 1. The zero-order valence-corrected chi connectivity index (χ0v) is 9.12. The van der Waals surface area contributed by atoms with Crippen molar-refractivity contribution in [3.8, 4) is 6.07 Å². The molecule has 1 N–H and O–H groups in total. The SMILES string of the molecule is CC(C)c1ccc(C#N)c(NC2CC2)n1. The third kappa shape index (κ3) is 2.27. The van der Waals surface area contributed by atoms with Gasteiger partial charge in [0.1, 0.15) is 11.9 Å². The topological polar surface area (TPSA) is 48.7 Å². The van der Waals surface area contributed by atoms with Crippen molar-refractivity contribution in [2.24, 2.45) is 0 Å². The summed E-state index contributed by atoms with van der Waals surface area (Å²) in [5.74, 6) is 1.16. The highest BCUT2D eigenvalue weighted by Crippen LogP contribution is 2.26. The van der Waals surface area contributed by atoms with Gasteiger partial charge in [0.25, 0.3) is 0 Å². The lowest BCUT2D eigenvalue weighted by Gasteiger charge is -2.10. The van der Waals surface area contributed by atoms with Gasteiger partial charge in [-0.15, -0.1) is 0 Å². The van der Waals surface area contributed by atoms with Gasteiger partial charge >= 0.3 is 0 Å². The van der Waals surface area contributed by atoms with E-state index in [-0.39, 0.29) is 0 Å². The molecule has 1 fully saturated rings. The molecule has 0 unspecified atom stereocenters. The van der Waals surface area contributed by atoms with Gasteiger partial charge in [-0.3, -0.25) is 0 Å². The summed E-state index contributed by atoms with van der Waals surface area (Å²) in [6, 6.07) is 6.49. The van der Waals surface area contributed by atoms with Crippen LogP contribution in [0.3, 0.4) is 0 Å². The van der Waals surface area contributed by atoms with E-state index >= 15 is 0 Å². The van der Waals surface area contributed by atoms with Crippen LogP contribution in [-0.4, -0.2) is 11.0 Å². The molecule has 1 aliphatic rings. The minimum Gasteiger partial charge on any atom is -0.366 e. The smallest absolute Gasteiger partial charge is 0.144 e. The van der Waals surface area contributed by atoms with E-state index in [9.17, 15) is 0 Å². The van der Waals surface area contributed by atoms with Gasteiger partial charge in [0.2, 0.25) is 0 Å². The summed E-state index contributed by atoms with van der Waals surface area (Å²) >= 11 is 0. The molecule has 0 atom stereocenters. The van der Waals surface area contributed by atoms with Gasteiger partial charge in [-0.25, -0.2) is 4.98 Å². The summed E-state index contributed by atoms with van der Waals surface area (Å²) in [7, 11) is 0. The van der Waals surface area contributed by atoms with Crippen molar-refractivity contribution in [1.82, 2.24) is 4.98 Å². The number of rotatable bonds is 3. The maximum absolute atomic E-state index is 8.95. The van der Waals surface area contributed by atoms with Crippen molar-refractivity contribution in [2.75, 3.05) is 5.32 Å². The third-order valence-electron chi connectivity index (χ3n) is 2.55. The largest absolute Gasteiger partial charge is 0.366 e. The van der Waals surface area contributed by atoms with Crippen LogP contribution in [0.5, 0.6) is 0 Å². The Kier molecular flexibility index (Phi) is 2.59. The summed E-state index contributed by atoms with van der Waals surface area (Å²) < 4.78 is 0. The predicted molar refractivity (Wildman–Crippen MR) is 59.7 cm³/mol. The molecule has 0 aromatic carbocycles. The molecular weight excluding hydrogens is 186 g/mol. The van der Waals surface area contributed by atoms with Gasteiger partial charge in [-0.1, -0.05) is 13.8 Å².